The lowest BCUT2D eigenvalue weighted by Crippen LogP contribution is -2.42. The first-order valence-corrected chi connectivity index (χ1v) is 10.1. The number of nitrogens with zero attached hydrogens (tertiary/aromatic N) is 1. The van der Waals surface area contributed by atoms with Gasteiger partial charge in [0.2, 0.25) is 5.91 Å². The quantitative estimate of drug-likeness (QED) is 0.483. The Kier molecular flexibility index (Phi) is 9.85. The van der Waals surface area contributed by atoms with Crippen molar-refractivity contribution in [2.75, 3.05) is 6.54 Å². The molecule has 0 bridgehead atoms. The van der Waals surface area contributed by atoms with Crippen LogP contribution in [-0.2, 0) is 4.79 Å². The second kappa shape index (κ2) is 11.1. The lowest BCUT2D eigenvalue weighted by molar-refractivity contribution is -0.130. The minimum absolute atomic E-state index is 0.280. The van der Waals surface area contributed by atoms with Crippen molar-refractivity contribution in [3.63, 3.8) is 0 Å². The summed E-state index contributed by atoms with van der Waals surface area (Å²) in [5.74, 6) is 0.280. The fourth-order valence-electron chi connectivity index (χ4n) is 3.74. The summed E-state index contributed by atoms with van der Waals surface area (Å²) in [4.78, 5) is 14.5. The maximum Gasteiger partial charge on any atom is 0.224 e. The summed E-state index contributed by atoms with van der Waals surface area (Å²) in [6, 6.07) is 0.427. The molecule has 23 heavy (non-hydrogen) atoms. The molecule has 0 aromatic carbocycles. The summed E-state index contributed by atoms with van der Waals surface area (Å²) in [7, 11) is 0. The van der Waals surface area contributed by atoms with E-state index in [1.807, 2.05) is 6.92 Å². The van der Waals surface area contributed by atoms with E-state index in [2.05, 4.69) is 18.7 Å². The van der Waals surface area contributed by atoms with Gasteiger partial charge in [0.1, 0.15) is 0 Å². The van der Waals surface area contributed by atoms with E-state index in [1.165, 1.54) is 77.0 Å². The lowest BCUT2D eigenvalue weighted by Gasteiger charge is -2.29. The van der Waals surface area contributed by atoms with Gasteiger partial charge in [0.25, 0.3) is 0 Å². The molecule has 1 atom stereocenters. The molecule has 1 saturated heterocycles. The van der Waals surface area contributed by atoms with Crippen molar-refractivity contribution >= 4 is 5.91 Å². The topological polar surface area (TPSA) is 46.3 Å². The van der Waals surface area contributed by atoms with Crippen molar-refractivity contribution < 1.29 is 4.79 Å². The van der Waals surface area contributed by atoms with Crippen LogP contribution < -0.4 is 5.73 Å². The average Bonchev–Trinajstić information content (AvgIpc) is 2.77. The molecular formula is C20H40N2O. The molecule has 0 aromatic heterocycles. The van der Waals surface area contributed by atoms with Gasteiger partial charge >= 0.3 is 0 Å². The Bertz CT molecular complexity index is 314. The molecule has 0 aliphatic carbocycles. The molecule has 1 amide bonds. The largest absolute Gasteiger partial charge is 0.338 e. The van der Waals surface area contributed by atoms with Crippen molar-refractivity contribution in [3.8, 4) is 0 Å². The average molecular weight is 325 g/mol. The van der Waals surface area contributed by atoms with Crippen LogP contribution in [0.15, 0.2) is 0 Å². The van der Waals surface area contributed by atoms with Crippen LogP contribution in [0, 0.1) is 0 Å². The molecule has 1 aliphatic heterocycles. The molecule has 3 heteroatoms. The second-order valence-electron chi connectivity index (χ2n) is 7.91. The fourth-order valence-corrected chi connectivity index (χ4v) is 3.74. The van der Waals surface area contributed by atoms with E-state index in [-0.39, 0.29) is 11.4 Å². The highest BCUT2D eigenvalue weighted by molar-refractivity contribution is 5.80. The third-order valence-electron chi connectivity index (χ3n) is 5.13. The highest BCUT2D eigenvalue weighted by atomic mass is 16.2. The molecule has 0 aromatic rings. The zero-order valence-electron chi connectivity index (χ0n) is 15.9. The molecular weight excluding hydrogens is 284 g/mol. The number of carbonyl (C=O) groups is 1. The van der Waals surface area contributed by atoms with E-state index in [0.717, 1.165) is 6.54 Å². The van der Waals surface area contributed by atoms with Crippen LogP contribution in [0.25, 0.3) is 0 Å². The lowest BCUT2D eigenvalue weighted by atomic mass is 9.99. The highest BCUT2D eigenvalue weighted by Crippen LogP contribution is 2.27. The van der Waals surface area contributed by atoms with Gasteiger partial charge in [-0.25, -0.2) is 0 Å². The molecule has 3 nitrogen and oxygen atoms in total. The summed E-state index contributed by atoms with van der Waals surface area (Å²) in [5.41, 5.74) is 5.90. The molecule has 1 unspecified atom stereocenters. The van der Waals surface area contributed by atoms with Gasteiger partial charge in [0, 0.05) is 24.5 Å². The van der Waals surface area contributed by atoms with Crippen LogP contribution in [0.1, 0.15) is 104 Å². The van der Waals surface area contributed by atoms with Crippen LogP contribution in [0.4, 0.5) is 0 Å². The van der Waals surface area contributed by atoms with Gasteiger partial charge in [0.15, 0.2) is 0 Å². The number of hydrogen-bond donors (Lipinski definition) is 1. The maximum absolute atomic E-state index is 12.3. The summed E-state index contributed by atoms with van der Waals surface area (Å²) in [5, 5.41) is 0. The number of likely N-dealkylation sites (tertiary alicyclic amines) is 1. The van der Waals surface area contributed by atoms with Crippen LogP contribution in [0.5, 0.6) is 0 Å². The monoisotopic (exact) mass is 324 g/mol. The van der Waals surface area contributed by atoms with Crippen LogP contribution in [-0.4, -0.2) is 28.9 Å². The van der Waals surface area contributed by atoms with Crippen molar-refractivity contribution in [2.24, 2.45) is 5.73 Å². The fraction of sp³-hybridized carbons (Fsp3) is 0.950. The zero-order chi connectivity index (χ0) is 17.1. The first-order chi connectivity index (χ1) is 11.0. The molecule has 136 valence electrons. The van der Waals surface area contributed by atoms with Crippen LogP contribution in [0.3, 0.4) is 0 Å². The van der Waals surface area contributed by atoms with E-state index >= 15 is 0 Å². The van der Waals surface area contributed by atoms with Gasteiger partial charge in [-0.15, -0.1) is 0 Å². The number of unbranched alkanes of at least 4 members (excludes halogenated alkanes) is 8. The highest BCUT2D eigenvalue weighted by Gasteiger charge is 2.39. The first kappa shape index (κ1) is 20.5. The molecule has 1 heterocycles. The maximum atomic E-state index is 12.3. The van der Waals surface area contributed by atoms with Gasteiger partial charge in [-0.05, 0) is 19.8 Å². The van der Waals surface area contributed by atoms with E-state index in [0.29, 0.717) is 12.5 Å². The number of nitrogens with two attached hydrogens (primary N) is 1. The summed E-state index contributed by atoms with van der Waals surface area (Å²) in [6.45, 7) is 7.28. The van der Waals surface area contributed by atoms with E-state index in [1.54, 1.807) is 0 Å². The Morgan fingerprint density at radius 3 is 1.83 bits per heavy atom. The Labute approximate surface area is 144 Å². The molecule has 1 fully saturated rings. The van der Waals surface area contributed by atoms with Crippen molar-refractivity contribution in [2.45, 2.75) is 116 Å². The summed E-state index contributed by atoms with van der Waals surface area (Å²) >= 11 is 0. The summed E-state index contributed by atoms with van der Waals surface area (Å²) in [6.07, 6.45) is 15.9. The van der Waals surface area contributed by atoms with E-state index in [9.17, 15) is 4.79 Å². The Hall–Kier alpha value is -0.570. The smallest absolute Gasteiger partial charge is 0.224 e. The third kappa shape index (κ3) is 8.19. The molecule has 0 radical (unpaired) electrons. The predicted molar refractivity (Wildman–Crippen MR) is 99.5 cm³/mol. The van der Waals surface area contributed by atoms with Crippen LogP contribution in [0.2, 0.25) is 0 Å². The van der Waals surface area contributed by atoms with Gasteiger partial charge < -0.3 is 10.6 Å². The Morgan fingerprint density at radius 1 is 0.957 bits per heavy atom. The number of hydrogen-bond acceptors (Lipinski definition) is 2. The van der Waals surface area contributed by atoms with E-state index < -0.39 is 0 Å². The number of rotatable bonds is 13. The Morgan fingerprint density at radius 2 is 1.43 bits per heavy atom. The SMILES string of the molecule is CCCCCCCC(CCCCCCC)N1CC(C)(N)CC1=O. The van der Waals surface area contributed by atoms with Crippen molar-refractivity contribution in [1.29, 1.82) is 0 Å². The minimum atomic E-state index is -0.320. The van der Waals surface area contributed by atoms with Gasteiger partial charge in [-0.3, -0.25) is 4.79 Å². The van der Waals surface area contributed by atoms with Crippen molar-refractivity contribution in [1.82, 2.24) is 4.90 Å². The Balaban J connectivity index is 2.42. The predicted octanol–water partition coefficient (Wildman–Crippen LogP) is 5.03. The van der Waals surface area contributed by atoms with Gasteiger partial charge in [-0.1, -0.05) is 78.1 Å². The van der Waals surface area contributed by atoms with Gasteiger partial charge in [0.05, 0.1) is 0 Å². The molecule has 2 N–H and O–H groups in total. The van der Waals surface area contributed by atoms with Crippen molar-refractivity contribution in [3.05, 3.63) is 0 Å². The third-order valence-corrected chi connectivity index (χ3v) is 5.13. The summed E-state index contributed by atoms with van der Waals surface area (Å²) < 4.78 is 0. The van der Waals surface area contributed by atoms with Gasteiger partial charge in [-0.2, -0.15) is 0 Å². The first-order valence-electron chi connectivity index (χ1n) is 10.1. The standard InChI is InChI=1S/C20H40N2O/c1-4-6-8-10-12-14-18(15-13-11-9-7-5-2)22-17-20(3,21)16-19(22)23/h18H,4-17,21H2,1-3H3. The number of carbonyl (C=O) groups excluding carboxylic acids is 1. The zero-order valence-corrected chi connectivity index (χ0v) is 15.9. The minimum Gasteiger partial charge on any atom is -0.338 e. The number of amides is 1. The van der Waals surface area contributed by atoms with Crippen LogP contribution >= 0.6 is 0 Å². The molecule has 1 rings (SSSR count). The molecule has 0 spiro atoms. The molecule has 0 saturated carbocycles. The second-order valence-corrected chi connectivity index (χ2v) is 7.91. The van der Waals surface area contributed by atoms with E-state index in [4.69, 9.17) is 5.73 Å². The molecule has 1 aliphatic rings. The normalized spacial score (nSPS) is 21.6.